The number of phenolic OH excluding ortho intramolecular Hbond substituents is 1. The van der Waals surface area contributed by atoms with Crippen molar-refractivity contribution < 1.29 is 29.0 Å². The zero-order chi connectivity index (χ0) is 22.7. The normalized spacial score (nSPS) is 11.8. The fraction of sp³-hybridized carbons (Fsp3) is 0.120. The number of nitrogens with one attached hydrogen (secondary N) is 1. The molecule has 7 nitrogen and oxygen atoms in total. The largest absolute Gasteiger partial charge is 0.508 e. The van der Waals surface area contributed by atoms with Gasteiger partial charge in [0.1, 0.15) is 23.1 Å². The Morgan fingerprint density at radius 2 is 1.78 bits per heavy atom. The average Bonchev–Trinajstić information content (AvgIpc) is 3.22. The molecule has 4 rings (SSSR count). The van der Waals surface area contributed by atoms with E-state index in [-0.39, 0.29) is 17.9 Å². The van der Waals surface area contributed by atoms with Crippen molar-refractivity contribution in [3.63, 3.8) is 0 Å². The fourth-order valence-corrected chi connectivity index (χ4v) is 3.44. The Morgan fingerprint density at radius 1 is 1.00 bits per heavy atom. The van der Waals surface area contributed by atoms with Crippen LogP contribution in [0, 0.1) is 0 Å². The number of methoxy groups -OCH3 is 1. The molecule has 0 aliphatic rings. The van der Waals surface area contributed by atoms with E-state index in [4.69, 9.17) is 9.15 Å². The highest BCUT2D eigenvalue weighted by Gasteiger charge is 2.23. The second-order valence-electron chi connectivity index (χ2n) is 7.33. The number of fused-ring (bicyclic) bond motifs is 1. The van der Waals surface area contributed by atoms with Gasteiger partial charge in [0, 0.05) is 11.8 Å². The Morgan fingerprint density at radius 3 is 2.47 bits per heavy atom. The van der Waals surface area contributed by atoms with Crippen LogP contribution in [0.4, 0.5) is 0 Å². The summed E-state index contributed by atoms with van der Waals surface area (Å²) in [7, 11) is 1.54. The SMILES string of the molecule is COc1ccc2oc(C(=O)NC(Cc3ccc(-c4cccc(O)c4)cc3)C(=O)O)cc2c1. The zero-order valence-electron chi connectivity index (χ0n) is 17.2. The second kappa shape index (κ2) is 8.85. The lowest BCUT2D eigenvalue weighted by molar-refractivity contribution is -0.139. The van der Waals surface area contributed by atoms with Crippen molar-refractivity contribution in [1.82, 2.24) is 5.32 Å². The molecule has 32 heavy (non-hydrogen) atoms. The van der Waals surface area contributed by atoms with Crippen LogP contribution in [0.2, 0.25) is 0 Å². The maximum atomic E-state index is 12.6. The Hall–Kier alpha value is -4.26. The van der Waals surface area contributed by atoms with E-state index in [1.807, 2.05) is 18.2 Å². The Kier molecular flexibility index (Phi) is 5.81. The molecule has 4 aromatic rings. The Bertz CT molecular complexity index is 1280. The Labute approximate surface area is 183 Å². The van der Waals surface area contributed by atoms with Crippen LogP contribution in [-0.2, 0) is 11.2 Å². The van der Waals surface area contributed by atoms with E-state index in [2.05, 4.69) is 5.32 Å². The molecule has 0 bridgehead atoms. The van der Waals surface area contributed by atoms with E-state index in [9.17, 15) is 19.8 Å². The number of carbonyl (C=O) groups is 2. The van der Waals surface area contributed by atoms with E-state index in [0.717, 1.165) is 16.7 Å². The third-order valence-corrected chi connectivity index (χ3v) is 5.12. The van der Waals surface area contributed by atoms with Crippen LogP contribution >= 0.6 is 0 Å². The van der Waals surface area contributed by atoms with Gasteiger partial charge in [-0.1, -0.05) is 36.4 Å². The maximum absolute atomic E-state index is 12.6. The molecular weight excluding hydrogens is 410 g/mol. The molecule has 0 aliphatic heterocycles. The van der Waals surface area contributed by atoms with Crippen LogP contribution in [0.1, 0.15) is 16.1 Å². The van der Waals surface area contributed by atoms with Gasteiger partial charge < -0.3 is 24.7 Å². The number of carboxylic acid groups (broad SMARTS) is 1. The predicted octanol–water partition coefficient (Wildman–Crippen LogP) is 4.24. The van der Waals surface area contributed by atoms with Crippen LogP contribution in [0.15, 0.2) is 77.2 Å². The fourth-order valence-electron chi connectivity index (χ4n) is 3.44. The van der Waals surface area contributed by atoms with Gasteiger partial charge in [0.2, 0.25) is 0 Å². The van der Waals surface area contributed by atoms with E-state index >= 15 is 0 Å². The van der Waals surface area contributed by atoms with Gasteiger partial charge in [-0.2, -0.15) is 0 Å². The van der Waals surface area contributed by atoms with Crippen molar-refractivity contribution in [3.8, 4) is 22.6 Å². The standard InChI is InChI=1S/C25H21NO6/c1-31-20-9-10-22-18(13-20)14-23(32-22)24(28)26-21(25(29)30)11-15-5-7-16(8-6-15)17-3-2-4-19(27)12-17/h2-10,12-14,21,27H,11H2,1H3,(H,26,28)(H,29,30). The number of aliphatic carboxylic acids is 1. The number of ether oxygens (including phenoxy) is 1. The molecular formula is C25H21NO6. The van der Waals surface area contributed by atoms with Gasteiger partial charge in [-0.25, -0.2) is 4.79 Å². The number of benzene rings is 3. The summed E-state index contributed by atoms with van der Waals surface area (Å²) in [6.07, 6.45) is 0.107. The molecule has 0 aliphatic carbocycles. The van der Waals surface area contributed by atoms with Crippen molar-refractivity contribution in [2.45, 2.75) is 12.5 Å². The molecule has 0 saturated heterocycles. The number of hydrogen-bond acceptors (Lipinski definition) is 5. The molecule has 1 heterocycles. The first-order valence-electron chi connectivity index (χ1n) is 9.92. The van der Waals surface area contributed by atoms with Crippen molar-refractivity contribution in [2.75, 3.05) is 7.11 Å². The first kappa shape index (κ1) is 21.0. The first-order chi connectivity index (χ1) is 15.4. The van der Waals surface area contributed by atoms with E-state index < -0.39 is 17.9 Å². The van der Waals surface area contributed by atoms with E-state index in [1.165, 1.54) is 0 Å². The van der Waals surface area contributed by atoms with Gasteiger partial charge in [0.25, 0.3) is 5.91 Å². The number of carbonyl (C=O) groups excluding carboxylic acids is 1. The van der Waals surface area contributed by atoms with Crippen LogP contribution in [-0.4, -0.2) is 35.2 Å². The minimum atomic E-state index is -1.15. The van der Waals surface area contributed by atoms with E-state index in [0.29, 0.717) is 16.7 Å². The molecule has 0 radical (unpaired) electrons. The molecule has 1 atom stereocenters. The van der Waals surface area contributed by atoms with Gasteiger partial charge in [0.15, 0.2) is 5.76 Å². The summed E-state index contributed by atoms with van der Waals surface area (Å²) in [5.74, 6) is -0.928. The van der Waals surface area contributed by atoms with Crippen molar-refractivity contribution in [1.29, 1.82) is 0 Å². The summed E-state index contributed by atoms with van der Waals surface area (Å²) in [6.45, 7) is 0. The first-order valence-corrected chi connectivity index (χ1v) is 9.92. The van der Waals surface area contributed by atoms with Crippen molar-refractivity contribution in [2.24, 2.45) is 0 Å². The summed E-state index contributed by atoms with van der Waals surface area (Å²) in [5.41, 5.74) is 2.99. The molecule has 7 heteroatoms. The van der Waals surface area contributed by atoms with Gasteiger partial charge in [-0.05, 0) is 53.1 Å². The van der Waals surface area contributed by atoms with Crippen molar-refractivity contribution >= 4 is 22.8 Å². The Balaban J connectivity index is 1.48. The molecule has 1 amide bonds. The zero-order valence-corrected chi connectivity index (χ0v) is 17.2. The summed E-state index contributed by atoms with van der Waals surface area (Å²) in [6, 6.07) is 19.7. The van der Waals surface area contributed by atoms with Crippen LogP contribution in [0.25, 0.3) is 22.1 Å². The molecule has 0 spiro atoms. The summed E-state index contributed by atoms with van der Waals surface area (Å²) in [5, 5.41) is 22.5. The van der Waals surface area contributed by atoms with Gasteiger partial charge >= 0.3 is 5.97 Å². The number of amides is 1. The lowest BCUT2D eigenvalue weighted by Gasteiger charge is -2.14. The molecule has 162 valence electrons. The summed E-state index contributed by atoms with van der Waals surface area (Å²) < 4.78 is 10.7. The number of aromatic hydroxyl groups is 1. The number of hydrogen-bond donors (Lipinski definition) is 3. The summed E-state index contributed by atoms with van der Waals surface area (Å²) in [4.78, 5) is 24.4. The van der Waals surface area contributed by atoms with Crippen LogP contribution in [0.5, 0.6) is 11.5 Å². The molecule has 0 fully saturated rings. The third kappa shape index (κ3) is 4.57. The summed E-state index contributed by atoms with van der Waals surface area (Å²) >= 11 is 0. The highest BCUT2D eigenvalue weighted by atomic mass is 16.5. The quantitative estimate of drug-likeness (QED) is 0.404. The van der Waals surface area contributed by atoms with Crippen LogP contribution < -0.4 is 10.1 Å². The van der Waals surface area contributed by atoms with Gasteiger partial charge in [-0.3, -0.25) is 4.79 Å². The highest BCUT2D eigenvalue weighted by molar-refractivity contribution is 5.98. The lowest BCUT2D eigenvalue weighted by atomic mass is 10.0. The van der Waals surface area contributed by atoms with E-state index in [1.54, 1.807) is 61.7 Å². The predicted molar refractivity (Wildman–Crippen MR) is 119 cm³/mol. The number of phenols is 1. The van der Waals surface area contributed by atoms with Crippen LogP contribution in [0.3, 0.4) is 0 Å². The molecule has 1 unspecified atom stereocenters. The van der Waals surface area contributed by atoms with Gasteiger partial charge in [0.05, 0.1) is 7.11 Å². The minimum Gasteiger partial charge on any atom is -0.508 e. The highest BCUT2D eigenvalue weighted by Crippen LogP contribution is 2.25. The minimum absolute atomic E-state index is 0.0266. The molecule has 3 N–H and O–H groups in total. The molecule has 1 aromatic heterocycles. The number of furan rings is 1. The average molecular weight is 431 g/mol. The number of carboxylic acids is 1. The van der Waals surface area contributed by atoms with Crippen molar-refractivity contribution in [3.05, 3.63) is 84.1 Å². The smallest absolute Gasteiger partial charge is 0.326 e. The monoisotopic (exact) mass is 431 g/mol. The third-order valence-electron chi connectivity index (χ3n) is 5.12. The second-order valence-corrected chi connectivity index (χ2v) is 7.33. The van der Waals surface area contributed by atoms with Gasteiger partial charge in [-0.15, -0.1) is 0 Å². The topological polar surface area (TPSA) is 109 Å². The lowest BCUT2D eigenvalue weighted by Crippen LogP contribution is -2.42. The maximum Gasteiger partial charge on any atom is 0.326 e. The molecule has 3 aromatic carbocycles. The molecule has 0 saturated carbocycles. The number of rotatable bonds is 7.